The van der Waals surface area contributed by atoms with E-state index in [1.165, 1.54) is 0 Å². The molecule has 2 aliphatic heterocycles. The fourth-order valence-corrected chi connectivity index (χ4v) is 3.97. The van der Waals surface area contributed by atoms with Crippen LogP contribution in [0.15, 0.2) is 12.2 Å². The van der Waals surface area contributed by atoms with Gasteiger partial charge in [0.1, 0.15) is 5.60 Å². The van der Waals surface area contributed by atoms with Gasteiger partial charge in [-0.1, -0.05) is 12.2 Å². The first-order chi connectivity index (χ1) is 11.9. The smallest absolute Gasteiger partial charge is 0.410 e. The van der Waals surface area contributed by atoms with Crippen molar-refractivity contribution in [3.8, 4) is 0 Å². The minimum atomic E-state index is -0.418. The molecule has 1 saturated carbocycles. The van der Waals surface area contributed by atoms with Crippen molar-refractivity contribution in [2.45, 2.75) is 70.7 Å². The van der Waals surface area contributed by atoms with Crippen molar-refractivity contribution < 1.29 is 19.0 Å². The Kier molecular flexibility index (Phi) is 5.74. The average Bonchev–Trinajstić information content (AvgIpc) is 3.02. The highest BCUT2D eigenvalue weighted by molar-refractivity contribution is 5.68. The van der Waals surface area contributed by atoms with Crippen molar-refractivity contribution in [1.82, 2.24) is 4.90 Å². The monoisotopic (exact) mass is 351 g/mol. The number of carbonyl (C=O) groups is 1. The van der Waals surface area contributed by atoms with Crippen molar-refractivity contribution >= 4 is 6.09 Å². The highest BCUT2D eigenvalue weighted by atomic mass is 16.7. The van der Waals surface area contributed by atoms with E-state index in [1.807, 2.05) is 25.7 Å². The number of carbonyl (C=O) groups excluding carboxylic acids is 1. The molecule has 2 heterocycles. The number of allylic oxidation sites excluding steroid dienone is 2. The lowest BCUT2D eigenvalue weighted by atomic mass is 9.84. The Hall–Kier alpha value is -1.07. The van der Waals surface area contributed by atoms with Gasteiger partial charge in [-0.05, 0) is 58.3 Å². The van der Waals surface area contributed by atoms with Crippen molar-refractivity contribution in [1.29, 1.82) is 0 Å². The van der Waals surface area contributed by atoms with Crippen LogP contribution in [0.4, 0.5) is 4.79 Å². The molecule has 0 bridgehead atoms. The van der Waals surface area contributed by atoms with Gasteiger partial charge in [-0.3, -0.25) is 0 Å². The van der Waals surface area contributed by atoms with Gasteiger partial charge in [0.05, 0.1) is 13.2 Å². The van der Waals surface area contributed by atoms with Crippen LogP contribution in [0.25, 0.3) is 0 Å². The van der Waals surface area contributed by atoms with E-state index in [9.17, 15) is 4.79 Å². The minimum absolute atomic E-state index is 0.177. The number of rotatable bonds is 2. The molecular formula is C20H33NO4. The SMILES string of the molecule is CC(C)(C)OC(=O)N1CCC(/C=C/C2CCC3(CC2)OCCO3)CC1. The maximum absolute atomic E-state index is 12.1. The Labute approximate surface area is 151 Å². The van der Waals surface area contributed by atoms with Crippen molar-refractivity contribution in [3.05, 3.63) is 12.2 Å². The van der Waals surface area contributed by atoms with Gasteiger partial charge in [0.25, 0.3) is 0 Å². The summed E-state index contributed by atoms with van der Waals surface area (Å²) in [4.78, 5) is 14.0. The second kappa shape index (κ2) is 7.67. The van der Waals surface area contributed by atoms with Gasteiger partial charge in [0, 0.05) is 25.9 Å². The number of hydrogen-bond donors (Lipinski definition) is 0. The summed E-state index contributed by atoms with van der Waals surface area (Å²) in [5, 5.41) is 0. The molecule has 1 aliphatic carbocycles. The summed E-state index contributed by atoms with van der Waals surface area (Å²) < 4.78 is 17.1. The van der Waals surface area contributed by atoms with Gasteiger partial charge >= 0.3 is 6.09 Å². The third kappa shape index (κ3) is 5.20. The Morgan fingerprint density at radius 3 is 2.04 bits per heavy atom. The highest BCUT2D eigenvalue weighted by Crippen LogP contribution is 2.39. The van der Waals surface area contributed by atoms with Crippen LogP contribution in [0.2, 0.25) is 0 Å². The van der Waals surface area contributed by atoms with E-state index < -0.39 is 5.60 Å². The van der Waals surface area contributed by atoms with E-state index in [2.05, 4.69) is 12.2 Å². The fourth-order valence-electron chi connectivity index (χ4n) is 3.97. The molecule has 1 spiro atoms. The zero-order valence-electron chi connectivity index (χ0n) is 16.0. The summed E-state index contributed by atoms with van der Waals surface area (Å²) in [5.41, 5.74) is -0.418. The van der Waals surface area contributed by atoms with E-state index >= 15 is 0 Å². The van der Waals surface area contributed by atoms with Crippen molar-refractivity contribution in [2.24, 2.45) is 11.8 Å². The number of ether oxygens (including phenoxy) is 3. The number of amides is 1. The van der Waals surface area contributed by atoms with Crippen LogP contribution in [0.5, 0.6) is 0 Å². The van der Waals surface area contributed by atoms with Crippen LogP contribution in [0.1, 0.15) is 59.3 Å². The summed E-state index contributed by atoms with van der Waals surface area (Å²) in [6.45, 7) is 8.81. The fraction of sp³-hybridized carbons (Fsp3) is 0.850. The van der Waals surface area contributed by atoms with E-state index in [1.54, 1.807) is 0 Å². The average molecular weight is 351 g/mol. The molecule has 3 fully saturated rings. The van der Waals surface area contributed by atoms with Gasteiger partial charge in [-0.25, -0.2) is 4.79 Å². The molecule has 3 aliphatic rings. The normalized spacial score (nSPS) is 25.8. The lowest BCUT2D eigenvalue weighted by molar-refractivity contribution is -0.180. The Balaban J connectivity index is 1.39. The first-order valence-corrected chi connectivity index (χ1v) is 9.79. The molecule has 1 amide bonds. The predicted octanol–water partition coefficient (Wildman–Crippen LogP) is 4.12. The van der Waals surface area contributed by atoms with E-state index in [0.717, 1.165) is 64.8 Å². The molecule has 142 valence electrons. The predicted molar refractivity (Wildman–Crippen MR) is 96.3 cm³/mol. The van der Waals surface area contributed by atoms with Crippen LogP contribution in [0, 0.1) is 11.8 Å². The van der Waals surface area contributed by atoms with Crippen LogP contribution in [-0.2, 0) is 14.2 Å². The zero-order chi connectivity index (χ0) is 17.9. The number of piperidine rings is 1. The van der Waals surface area contributed by atoms with Gasteiger partial charge in [-0.2, -0.15) is 0 Å². The van der Waals surface area contributed by atoms with Crippen LogP contribution in [0.3, 0.4) is 0 Å². The number of nitrogens with zero attached hydrogens (tertiary/aromatic N) is 1. The number of likely N-dealkylation sites (tertiary alicyclic amines) is 1. The standard InChI is InChI=1S/C20H33NO4/c1-19(2,3)25-18(22)21-12-8-17(9-13-21)5-4-16-6-10-20(11-7-16)23-14-15-24-20/h4-5,16-17H,6-15H2,1-3H3/b5-4+. The van der Waals surface area contributed by atoms with Crippen LogP contribution in [-0.4, -0.2) is 48.7 Å². The molecular weight excluding hydrogens is 318 g/mol. The molecule has 3 rings (SSSR count). The molecule has 0 aromatic carbocycles. The van der Waals surface area contributed by atoms with Crippen LogP contribution >= 0.6 is 0 Å². The van der Waals surface area contributed by atoms with Gasteiger partial charge in [0.2, 0.25) is 0 Å². The lowest BCUT2D eigenvalue weighted by Gasteiger charge is -2.35. The highest BCUT2D eigenvalue weighted by Gasteiger charge is 2.39. The lowest BCUT2D eigenvalue weighted by Crippen LogP contribution is -2.41. The molecule has 0 N–H and O–H groups in total. The Morgan fingerprint density at radius 2 is 1.52 bits per heavy atom. The summed E-state index contributed by atoms with van der Waals surface area (Å²) >= 11 is 0. The molecule has 2 saturated heterocycles. The van der Waals surface area contributed by atoms with Gasteiger partial charge in [-0.15, -0.1) is 0 Å². The summed E-state index contributed by atoms with van der Waals surface area (Å²) in [7, 11) is 0. The second-order valence-corrected chi connectivity index (χ2v) is 8.63. The first-order valence-electron chi connectivity index (χ1n) is 9.79. The van der Waals surface area contributed by atoms with E-state index in [4.69, 9.17) is 14.2 Å². The summed E-state index contributed by atoms with van der Waals surface area (Å²) in [6.07, 6.45) is 11.0. The summed E-state index contributed by atoms with van der Waals surface area (Å²) in [5.74, 6) is 0.958. The molecule has 0 radical (unpaired) electrons. The Morgan fingerprint density at radius 1 is 1.00 bits per heavy atom. The molecule has 5 heteroatoms. The quantitative estimate of drug-likeness (QED) is 0.702. The zero-order valence-corrected chi connectivity index (χ0v) is 16.0. The summed E-state index contributed by atoms with van der Waals surface area (Å²) in [6, 6.07) is 0. The van der Waals surface area contributed by atoms with Crippen LogP contribution < -0.4 is 0 Å². The van der Waals surface area contributed by atoms with E-state index in [0.29, 0.717) is 11.8 Å². The molecule has 5 nitrogen and oxygen atoms in total. The molecule has 0 aromatic heterocycles. The third-order valence-electron chi connectivity index (χ3n) is 5.45. The van der Waals surface area contributed by atoms with E-state index in [-0.39, 0.29) is 11.9 Å². The molecule has 0 unspecified atom stereocenters. The van der Waals surface area contributed by atoms with Crippen molar-refractivity contribution in [3.63, 3.8) is 0 Å². The topological polar surface area (TPSA) is 48.0 Å². The Bertz CT molecular complexity index is 472. The largest absolute Gasteiger partial charge is 0.444 e. The third-order valence-corrected chi connectivity index (χ3v) is 5.45. The maximum atomic E-state index is 12.1. The van der Waals surface area contributed by atoms with Gasteiger partial charge < -0.3 is 19.1 Å². The maximum Gasteiger partial charge on any atom is 0.410 e. The van der Waals surface area contributed by atoms with Crippen molar-refractivity contribution in [2.75, 3.05) is 26.3 Å². The minimum Gasteiger partial charge on any atom is -0.444 e. The molecule has 0 atom stereocenters. The molecule has 0 aromatic rings. The first kappa shape index (κ1) is 18.7. The van der Waals surface area contributed by atoms with Gasteiger partial charge in [0.15, 0.2) is 5.79 Å². The molecule has 25 heavy (non-hydrogen) atoms. The number of hydrogen-bond acceptors (Lipinski definition) is 4. The second-order valence-electron chi connectivity index (χ2n) is 8.63.